The highest BCUT2D eigenvalue weighted by atomic mass is 16.5. The summed E-state index contributed by atoms with van der Waals surface area (Å²) in [5.74, 6) is 0.456. The van der Waals surface area contributed by atoms with E-state index in [0.717, 1.165) is 39.3 Å². The molecule has 0 atom stereocenters. The second-order valence-corrected chi connectivity index (χ2v) is 6.34. The maximum Gasteiger partial charge on any atom is 0.291 e. The summed E-state index contributed by atoms with van der Waals surface area (Å²) in [4.78, 5) is 19.2. The summed E-state index contributed by atoms with van der Waals surface area (Å²) in [6, 6.07) is 7.18. The predicted molar refractivity (Wildman–Crippen MR) is 101 cm³/mol. The van der Waals surface area contributed by atoms with Crippen LogP contribution in [0.4, 0.5) is 0 Å². The number of nitrogens with one attached hydrogen (secondary N) is 1. The van der Waals surface area contributed by atoms with E-state index in [1.54, 1.807) is 31.4 Å². The second kappa shape index (κ2) is 10.8. The normalized spacial score (nSPS) is 15.8. The molecule has 0 unspecified atom stereocenters. The van der Waals surface area contributed by atoms with Gasteiger partial charge in [0.1, 0.15) is 5.75 Å². The van der Waals surface area contributed by atoms with Crippen LogP contribution in [0.5, 0.6) is 5.75 Å². The molecule has 1 aromatic rings. The first-order valence-corrected chi connectivity index (χ1v) is 9.05. The number of carbonyl (C=O) groups is 1. The SMILES string of the molecule is COc1ccc(C(=O)NC(=NCCCN2CCOCC2)OC(C)C)cc1. The smallest absolute Gasteiger partial charge is 0.291 e. The van der Waals surface area contributed by atoms with Crippen LogP contribution in [0.3, 0.4) is 0 Å². The Morgan fingerprint density at radius 1 is 1.27 bits per heavy atom. The van der Waals surface area contributed by atoms with Gasteiger partial charge in [-0.1, -0.05) is 0 Å². The van der Waals surface area contributed by atoms with Crippen LogP contribution in [0.25, 0.3) is 0 Å². The Labute approximate surface area is 155 Å². The van der Waals surface area contributed by atoms with Gasteiger partial charge in [0.25, 0.3) is 11.9 Å². The number of nitrogens with zero attached hydrogens (tertiary/aromatic N) is 2. The minimum absolute atomic E-state index is 0.0656. The van der Waals surface area contributed by atoms with Crippen LogP contribution in [0, 0.1) is 0 Å². The number of hydrogen-bond acceptors (Lipinski definition) is 6. The molecule has 1 aliphatic rings. The molecule has 7 heteroatoms. The predicted octanol–water partition coefficient (Wildman–Crippen LogP) is 1.93. The summed E-state index contributed by atoms with van der Waals surface area (Å²) < 4.78 is 16.1. The maximum absolute atomic E-state index is 12.4. The Bertz CT molecular complexity index is 581. The Balaban J connectivity index is 1.86. The average Bonchev–Trinajstić information content (AvgIpc) is 2.65. The van der Waals surface area contributed by atoms with Crippen molar-refractivity contribution in [2.45, 2.75) is 26.4 Å². The van der Waals surface area contributed by atoms with Crippen LogP contribution in [0.1, 0.15) is 30.6 Å². The zero-order valence-corrected chi connectivity index (χ0v) is 15.9. The van der Waals surface area contributed by atoms with Crippen molar-refractivity contribution >= 4 is 11.9 Å². The molecule has 1 aromatic carbocycles. The molecule has 0 bridgehead atoms. The fourth-order valence-electron chi connectivity index (χ4n) is 2.54. The number of morpholine rings is 1. The molecule has 1 heterocycles. The zero-order valence-electron chi connectivity index (χ0n) is 15.9. The molecule has 0 aliphatic carbocycles. The lowest BCUT2D eigenvalue weighted by Gasteiger charge is -2.26. The van der Waals surface area contributed by atoms with Crippen LogP contribution in [-0.2, 0) is 9.47 Å². The lowest BCUT2D eigenvalue weighted by molar-refractivity contribution is 0.0377. The van der Waals surface area contributed by atoms with Crippen molar-refractivity contribution in [2.24, 2.45) is 4.99 Å². The van der Waals surface area contributed by atoms with Crippen LogP contribution < -0.4 is 10.1 Å². The highest BCUT2D eigenvalue weighted by molar-refractivity contribution is 6.04. The van der Waals surface area contributed by atoms with E-state index in [1.165, 1.54) is 0 Å². The third-order valence-corrected chi connectivity index (χ3v) is 3.91. The third kappa shape index (κ3) is 7.01. The summed E-state index contributed by atoms with van der Waals surface area (Å²) >= 11 is 0. The largest absolute Gasteiger partial charge is 0.497 e. The van der Waals surface area contributed by atoms with Gasteiger partial charge in [-0.05, 0) is 44.5 Å². The van der Waals surface area contributed by atoms with Crippen molar-refractivity contribution in [3.8, 4) is 5.75 Å². The highest BCUT2D eigenvalue weighted by Crippen LogP contribution is 2.11. The first kappa shape index (κ1) is 20.2. The summed E-state index contributed by atoms with van der Waals surface area (Å²) in [6.07, 6.45) is 0.841. The fourth-order valence-corrected chi connectivity index (χ4v) is 2.54. The molecule has 1 aliphatic heterocycles. The Morgan fingerprint density at radius 2 is 1.96 bits per heavy atom. The molecule has 0 aromatic heterocycles. The van der Waals surface area contributed by atoms with E-state index in [1.807, 2.05) is 13.8 Å². The van der Waals surface area contributed by atoms with Gasteiger partial charge in [0.15, 0.2) is 0 Å². The Kier molecular flexibility index (Phi) is 8.37. The number of ether oxygens (including phenoxy) is 3. The molecule has 2 rings (SSSR count). The van der Waals surface area contributed by atoms with Crippen molar-refractivity contribution < 1.29 is 19.0 Å². The number of aliphatic imine (C=N–C) groups is 1. The van der Waals surface area contributed by atoms with E-state index in [-0.39, 0.29) is 18.0 Å². The minimum atomic E-state index is -0.250. The lowest BCUT2D eigenvalue weighted by atomic mass is 10.2. The molecule has 26 heavy (non-hydrogen) atoms. The van der Waals surface area contributed by atoms with Crippen LogP contribution in [-0.4, -0.2) is 69.4 Å². The lowest BCUT2D eigenvalue weighted by Crippen LogP contribution is -2.37. The topological polar surface area (TPSA) is 72.4 Å². The summed E-state index contributed by atoms with van der Waals surface area (Å²) in [5, 5.41) is 2.75. The van der Waals surface area contributed by atoms with Crippen LogP contribution >= 0.6 is 0 Å². The van der Waals surface area contributed by atoms with E-state index in [2.05, 4.69) is 15.2 Å². The summed E-state index contributed by atoms with van der Waals surface area (Å²) in [5.41, 5.74) is 0.527. The molecule has 0 spiro atoms. The third-order valence-electron chi connectivity index (χ3n) is 3.91. The van der Waals surface area contributed by atoms with Gasteiger partial charge in [-0.15, -0.1) is 0 Å². The number of amidine groups is 1. The zero-order chi connectivity index (χ0) is 18.8. The first-order valence-electron chi connectivity index (χ1n) is 9.05. The minimum Gasteiger partial charge on any atom is -0.497 e. The molecular weight excluding hydrogens is 334 g/mol. The van der Waals surface area contributed by atoms with Gasteiger partial charge in [-0.3, -0.25) is 15.0 Å². The number of methoxy groups -OCH3 is 1. The summed E-state index contributed by atoms with van der Waals surface area (Å²) in [7, 11) is 1.59. The van der Waals surface area contributed by atoms with E-state index in [4.69, 9.17) is 14.2 Å². The molecule has 7 nitrogen and oxygen atoms in total. The van der Waals surface area contributed by atoms with Gasteiger partial charge in [0.05, 0.1) is 26.4 Å². The maximum atomic E-state index is 12.4. The van der Waals surface area contributed by atoms with E-state index in [0.29, 0.717) is 17.9 Å². The van der Waals surface area contributed by atoms with Crippen molar-refractivity contribution in [3.63, 3.8) is 0 Å². The van der Waals surface area contributed by atoms with E-state index in [9.17, 15) is 4.79 Å². The fraction of sp³-hybridized carbons (Fsp3) is 0.579. The molecule has 1 fully saturated rings. The number of rotatable bonds is 7. The molecule has 0 saturated carbocycles. The number of carbonyl (C=O) groups excluding carboxylic acids is 1. The van der Waals surface area contributed by atoms with Gasteiger partial charge in [0.2, 0.25) is 0 Å². The van der Waals surface area contributed by atoms with Crippen LogP contribution in [0.2, 0.25) is 0 Å². The number of benzene rings is 1. The van der Waals surface area contributed by atoms with Crippen LogP contribution in [0.15, 0.2) is 29.3 Å². The number of amides is 1. The molecule has 1 amide bonds. The van der Waals surface area contributed by atoms with E-state index >= 15 is 0 Å². The van der Waals surface area contributed by atoms with Gasteiger partial charge in [0, 0.05) is 31.7 Å². The monoisotopic (exact) mass is 363 g/mol. The first-order chi connectivity index (χ1) is 12.6. The number of hydrogen-bond donors (Lipinski definition) is 1. The van der Waals surface area contributed by atoms with Crippen molar-refractivity contribution in [1.29, 1.82) is 0 Å². The highest BCUT2D eigenvalue weighted by Gasteiger charge is 2.12. The average molecular weight is 363 g/mol. The van der Waals surface area contributed by atoms with Gasteiger partial charge < -0.3 is 14.2 Å². The molecule has 0 radical (unpaired) electrons. The van der Waals surface area contributed by atoms with Gasteiger partial charge in [-0.25, -0.2) is 4.99 Å². The van der Waals surface area contributed by atoms with Crippen molar-refractivity contribution in [3.05, 3.63) is 29.8 Å². The van der Waals surface area contributed by atoms with Crippen molar-refractivity contribution in [1.82, 2.24) is 10.2 Å². The molecule has 144 valence electrons. The summed E-state index contributed by atoms with van der Waals surface area (Å²) in [6.45, 7) is 8.90. The molecule has 1 N–H and O–H groups in total. The van der Waals surface area contributed by atoms with Gasteiger partial charge in [-0.2, -0.15) is 0 Å². The molecule has 1 saturated heterocycles. The van der Waals surface area contributed by atoms with Gasteiger partial charge >= 0.3 is 0 Å². The second-order valence-electron chi connectivity index (χ2n) is 6.34. The molecular formula is C19H29N3O4. The van der Waals surface area contributed by atoms with Crippen molar-refractivity contribution in [2.75, 3.05) is 46.5 Å². The van der Waals surface area contributed by atoms with E-state index < -0.39 is 0 Å². The quantitative estimate of drug-likeness (QED) is 0.455. The Morgan fingerprint density at radius 3 is 2.58 bits per heavy atom. The Hall–Kier alpha value is -2.12. The standard InChI is InChI=1S/C19H29N3O4/c1-15(2)26-19(20-9-4-10-22-11-13-25-14-12-22)21-18(23)16-5-7-17(24-3)8-6-16/h5-8,15H,4,9-14H2,1-3H3,(H,20,21,23).